The van der Waals surface area contributed by atoms with Crippen molar-refractivity contribution in [3.8, 4) is 46.4 Å². The number of nitrogens with one attached hydrogen (secondary N) is 4. The second-order valence-corrected chi connectivity index (χ2v) is 18.7. The van der Waals surface area contributed by atoms with E-state index in [-0.39, 0.29) is 37.3 Å². The predicted octanol–water partition coefficient (Wildman–Crippen LogP) is 6.00. The van der Waals surface area contributed by atoms with Crippen molar-refractivity contribution in [3.63, 3.8) is 0 Å². The molecule has 2 saturated carbocycles. The predicted molar refractivity (Wildman–Crippen MR) is 255 cm³/mol. The molecule has 362 valence electrons. The molecule has 0 bridgehead atoms. The highest BCUT2D eigenvalue weighted by Gasteiger charge is 2.45. The fraction of sp³-hybridized carbons (Fsp3) is 0.600. The second kappa shape index (κ2) is 24.1. The zero-order chi connectivity index (χ0) is 47.0. The molecule has 5 atom stereocenters. The second-order valence-electron chi connectivity index (χ2n) is 18.7. The summed E-state index contributed by atoms with van der Waals surface area (Å²) in [5.41, 5.74) is 1.55. The van der Waals surface area contributed by atoms with E-state index in [4.69, 9.17) is 28.4 Å². The van der Waals surface area contributed by atoms with Gasteiger partial charge in [0.05, 0.1) is 59.4 Å². The summed E-state index contributed by atoms with van der Waals surface area (Å²) in [7, 11) is 3.44. The monoisotopic (exact) mass is 931 g/mol. The lowest BCUT2D eigenvalue weighted by molar-refractivity contribution is -0.0807. The Kier molecular flexibility index (Phi) is 17.3. The first-order valence-corrected chi connectivity index (χ1v) is 24.2. The van der Waals surface area contributed by atoms with Crippen molar-refractivity contribution in [2.24, 2.45) is 16.7 Å². The summed E-state index contributed by atoms with van der Waals surface area (Å²) in [6, 6.07) is 17.6. The van der Waals surface area contributed by atoms with Crippen molar-refractivity contribution in [1.82, 2.24) is 40.5 Å². The van der Waals surface area contributed by atoms with Gasteiger partial charge in [0.2, 0.25) is 5.88 Å². The molecule has 18 heteroatoms. The van der Waals surface area contributed by atoms with E-state index in [9.17, 15) is 10.5 Å². The molecule has 0 spiro atoms. The Bertz CT molecular complexity index is 2300. The number of rotatable bonds is 21. The first-order chi connectivity index (χ1) is 33.4. The molecule has 8 rings (SSSR count). The van der Waals surface area contributed by atoms with Crippen LogP contribution in [0.25, 0.3) is 22.6 Å². The molecule has 5 unspecified atom stereocenters. The van der Waals surface area contributed by atoms with Crippen molar-refractivity contribution < 1.29 is 28.4 Å². The Morgan fingerprint density at radius 3 is 2.07 bits per heavy atom. The molecular weight excluding hydrogens is 865 g/mol. The van der Waals surface area contributed by atoms with Crippen LogP contribution in [0, 0.1) is 39.4 Å². The Balaban J connectivity index is 0.912. The van der Waals surface area contributed by atoms with Crippen molar-refractivity contribution in [2.45, 2.75) is 101 Å². The SMILES string of the molecule is COCCNC1CCC(Nc2cc(-c3cc(OCC4(C#N)CCOC(C5CC(NCCOC)CCC5Nc5cc(-c6ccnc(OCC7(C#N)CCOCC7)c6)ncn5)C4)ccn3)ncn2)CC1. The third-order valence-electron chi connectivity index (χ3n) is 14.1. The molecule has 0 radical (unpaired) electrons. The number of nitrogens with zero attached hydrogens (tertiary/aromatic N) is 8. The van der Waals surface area contributed by atoms with Gasteiger partial charge in [-0.1, -0.05) is 0 Å². The van der Waals surface area contributed by atoms with Crippen LogP contribution in [0.4, 0.5) is 11.6 Å². The molecular formula is C50H66N12O6. The van der Waals surface area contributed by atoms with E-state index in [1.807, 2.05) is 36.4 Å². The number of hydrogen-bond acceptors (Lipinski definition) is 18. The normalized spacial score (nSPS) is 25.9. The van der Waals surface area contributed by atoms with Crippen LogP contribution in [-0.4, -0.2) is 134 Å². The topological polar surface area (TPSA) is 228 Å². The molecule has 68 heavy (non-hydrogen) atoms. The molecule has 4 fully saturated rings. The molecule has 2 aliphatic heterocycles. The minimum Gasteiger partial charge on any atom is -0.492 e. The number of nitriles is 2. The van der Waals surface area contributed by atoms with Gasteiger partial charge in [0.25, 0.3) is 0 Å². The molecule has 4 aromatic rings. The van der Waals surface area contributed by atoms with Gasteiger partial charge in [-0.3, -0.25) is 4.98 Å². The summed E-state index contributed by atoms with van der Waals surface area (Å²) in [5, 5.41) is 35.4. The van der Waals surface area contributed by atoms with Crippen LogP contribution >= 0.6 is 0 Å². The fourth-order valence-electron chi connectivity index (χ4n) is 9.99. The molecule has 0 aromatic carbocycles. The van der Waals surface area contributed by atoms with Gasteiger partial charge in [-0.2, -0.15) is 10.5 Å². The third kappa shape index (κ3) is 13.1. The van der Waals surface area contributed by atoms with E-state index in [0.29, 0.717) is 98.7 Å². The van der Waals surface area contributed by atoms with Gasteiger partial charge in [-0.15, -0.1) is 0 Å². The summed E-state index contributed by atoms with van der Waals surface area (Å²) in [5.74, 6) is 2.59. The van der Waals surface area contributed by atoms with Crippen LogP contribution in [0.3, 0.4) is 0 Å². The highest BCUT2D eigenvalue weighted by molar-refractivity contribution is 5.63. The lowest BCUT2D eigenvalue weighted by atomic mass is 9.71. The largest absolute Gasteiger partial charge is 0.492 e. The summed E-state index contributed by atoms with van der Waals surface area (Å²) in [6.07, 6.45) is 15.7. The average Bonchev–Trinajstić information content (AvgIpc) is 3.39. The van der Waals surface area contributed by atoms with E-state index in [2.05, 4.69) is 63.3 Å². The highest BCUT2D eigenvalue weighted by atomic mass is 16.5. The fourth-order valence-corrected chi connectivity index (χ4v) is 9.99. The van der Waals surface area contributed by atoms with Gasteiger partial charge >= 0.3 is 0 Å². The van der Waals surface area contributed by atoms with Crippen LogP contribution in [0.2, 0.25) is 0 Å². The first kappa shape index (κ1) is 48.8. The Morgan fingerprint density at radius 1 is 0.662 bits per heavy atom. The molecule has 2 saturated heterocycles. The van der Waals surface area contributed by atoms with Crippen molar-refractivity contribution in [1.29, 1.82) is 10.5 Å². The summed E-state index contributed by atoms with van der Waals surface area (Å²) >= 11 is 0. The Morgan fingerprint density at radius 2 is 1.31 bits per heavy atom. The summed E-state index contributed by atoms with van der Waals surface area (Å²) in [6.45, 7) is 4.97. The number of hydrogen-bond donors (Lipinski definition) is 4. The minimum atomic E-state index is -0.765. The van der Waals surface area contributed by atoms with E-state index in [1.165, 1.54) is 0 Å². The lowest BCUT2D eigenvalue weighted by Gasteiger charge is -2.45. The van der Waals surface area contributed by atoms with Crippen molar-refractivity contribution >= 4 is 11.6 Å². The highest BCUT2D eigenvalue weighted by Crippen LogP contribution is 2.42. The zero-order valence-corrected chi connectivity index (χ0v) is 39.4. The maximum Gasteiger partial charge on any atom is 0.213 e. The molecule has 2 aliphatic carbocycles. The van der Waals surface area contributed by atoms with Crippen LogP contribution in [-0.2, 0) is 18.9 Å². The van der Waals surface area contributed by atoms with Crippen LogP contribution in [0.5, 0.6) is 11.6 Å². The average molecular weight is 931 g/mol. The van der Waals surface area contributed by atoms with E-state index in [1.54, 1.807) is 39.3 Å². The van der Waals surface area contributed by atoms with Gasteiger partial charge in [0.15, 0.2) is 0 Å². The molecule has 0 amide bonds. The molecule has 6 heterocycles. The first-order valence-electron chi connectivity index (χ1n) is 24.2. The standard InChI is InChI=1S/C50H66N12O6/c1-63-21-16-53-36-3-5-37(6-4-36)61-46-27-44(58-34-59-46)43-25-39(10-15-55-43)67-32-50(30-52)13-20-66-45(28-50)40-24-38(54-17-22-64-2)7-8-41(40)62-47-26-42(57-33-60-47)35-9-14-56-48(23-35)68-31-49(29-51)11-18-65-19-12-49/h9-10,14-15,23,25-27,33-34,36-38,40-41,45,53-54H,3-8,11-13,16-22,24,28,31-32H2,1-2H3,(H,57,60,62)(H,58,59,61). The number of anilines is 2. The van der Waals surface area contributed by atoms with E-state index < -0.39 is 10.8 Å². The Hall–Kier alpha value is -5.60. The molecule has 4 N–H and O–H groups in total. The number of ether oxygens (including phenoxy) is 6. The van der Waals surface area contributed by atoms with E-state index in [0.717, 1.165) is 76.0 Å². The quantitative estimate of drug-likeness (QED) is 0.0702. The van der Waals surface area contributed by atoms with Gasteiger partial charge in [-0.25, -0.2) is 24.9 Å². The van der Waals surface area contributed by atoms with Crippen LogP contribution in [0.15, 0.2) is 61.4 Å². The molecule has 4 aromatic heterocycles. The summed E-state index contributed by atoms with van der Waals surface area (Å²) < 4.78 is 35.2. The smallest absolute Gasteiger partial charge is 0.213 e. The minimum absolute atomic E-state index is 0.0183. The Labute approximate surface area is 399 Å². The van der Waals surface area contributed by atoms with Crippen molar-refractivity contribution in [3.05, 3.63) is 61.4 Å². The number of aromatic nitrogens is 6. The number of methoxy groups -OCH3 is 2. The lowest BCUT2D eigenvalue weighted by Crippen LogP contribution is -2.51. The van der Waals surface area contributed by atoms with Gasteiger partial charge in [0, 0.05) is 119 Å². The molecule has 4 aliphatic rings. The zero-order valence-electron chi connectivity index (χ0n) is 39.4. The number of pyridine rings is 2. The maximum absolute atomic E-state index is 10.9. The van der Waals surface area contributed by atoms with Gasteiger partial charge in [-0.05, 0) is 82.8 Å². The van der Waals surface area contributed by atoms with Crippen LogP contribution < -0.4 is 30.7 Å². The van der Waals surface area contributed by atoms with Gasteiger partial charge < -0.3 is 49.7 Å². The van der Waals surface area contributed by atoms with Crippen molar-refractivity contribution in [2.75, 3.05) is 84.2 Å². The third-order valence-corrected chi connectivity index (χ3v) is 14.1. The van der Waals surface area contributed by atoms with Gasteiger partial charge in [0.1, 0.15) is 43.3 Å². The van der Waals surface area contributed by atoms with E-state index >= 15 is 0 Å². The van der Waals surface area contributed by atoms with Crippen LogP contribution in [0.1, 0.15) is 70.6 Å². The maximum atomic E-state index is 10.9. The summed E-state index contributed by atoms with van der Waals surface area (Å²) in [4.78, 5) is 27.4. The molecule has 18 nitrogen and oxygen atoms in total.